The minimum Gasteiger partial charge on any atom is -0.288 e. The fraction of sp³-hybridized carbons (Fsp3) is 0.333. The zero-order chi connectivity index (χ0) is 17.5. The Bertz CT molecular complexity index is 760. The van der Waals surface area contributed by atoms with Gasteiger partial charge in [-0.25, -0.2) is 13.7 Å². The van der Waals surface area contributed by atoms with Crippen LogP contribution in [0.2, 0.25) is 0 Å². The maximum Gasteiger partial charge on any atom is 0.296 e. The van der Waals surface area contributed by atoms with Crippen LogP contribution in [0.3, 0.4) is 0 Å². The maximum atomic E-state index is 12.1. The molecule has 0 heterocycles. The van der Waals surface area contributed by atoms with Crippen LogP contribution in [0.4, 0.5) is 5.69 Å². The van der Waals surface area contributed by atoms with E-state index in [1.54, 1.807) is 0 Å². The van der Waals surface area contributed by atoms with Gasteiger partial charge in [-0.3, -0.25) is 8.74 Å². The Hall–Kier alpha value is -1.13. The Labute approximate surface area is 136 Å². The molecule has 0 saturated carbocycles. The lowest BCUT2D eigenvalue weighted by atomic mass is 10.3. The number of benzene rings is 1. The van der Waals surface area contributed by atoms with E-state index in [0.29, 0.717) is 0 Å². The van der Waals surface area contributed by atoms with Gasteiger partial charge in [0.15, 0.2) is 22.2 Å². The number of hydrogen-bond donors (Lipinski definition) is 2. The topological polar surface area (TPSA) is 161 Å². The normalized spacial score (nSPS) is 12.8. The number of nitrogens with zero attached hydrogens (tertiary/aromatic N) is 2. The monoisotopic (exact) mass is 388 g/mol. The lowest BCUT2D eigenvalue weighted by molar-refractivity contribution is -0.434. The highest BCUT2D eigenvalue weighted by molar-refractivity contribution is 7.91. The van der Waals surface area contributed by atoms with Crippen LogP contribution in [0, 0.1) is 0 Å². The van der Waals surface area contributed by atoms with E-state index in [1.165, 1.54) is 7.05 Å². The molecule has 11 nitrogen and oxygen atoms in total. The second-order valence-corrected chi connectivity index (χ2v) is 7.76. The average molecular weight is 388 g/mol. The maximum absolute atomic E-state index is 12.1. The van der Waals surface area contributed by atoms with Crippen molar-refractivity contribution >= 4 is 38.0 Å². The van der Waals surface area contributed by atoms with Gasteiger partial charge in [-0.15, -0.1) is 4.33 Å². The second-order valence-electron chi connectivity index (χ2n) is 3.76. The van der Waals surface area contributed by atoms with Crippen molar-refractivity contribution in [1.29, 1.82) is 0 Å². The molecule has 23 heavy (non-hydrogen) atoms. The molecule has 1 rings (SSSR count). The summed E-state index contributed by atoms with van der Waals surface area (Å²) in [4.78, 5) is -1.04. The molecular formula is C9H12N2O9S3. The smallest absolute Gasteiger partial charge is 0.288 e. The lowest BCUT2D eigenvalue weighted by Gasteiger charge is -2.07. The highest BCUT2D eigenvalue weighted by Crippen LogP contribution is 2.28. The van der Waals surface area contributed by atoms with Crippen LogP contribution in [-0.4, -0.2) is 46.1 Å². The molecule has 0 saturated heterocycles. The van der Waals surface area contributed by atoms with E-state index in [0.717, 1.165) is 18.2 Å². The summed E-state index contributed by atoms with van der Waals surface area (Å²) < 4.78 is 64.4. The first-order valence-electron chi connectivity index (χ1n) is 5.63. The molecule has 0 amide bonds. The summed E-state index contributed by atoms with van der Waals surface area (Å²) in [7, 11) is -7.31. The first kappa shape index (κ1) is 19.9. The lowest BCUT2D eigenvalue weighted by Crippen LogP contribution is -2.12. The number of rotatable bonds is 9. The molecule has 0 bridgehead atoms. The van der Waals surface area contributed by atoms with Crippen molar-refractivity contribution in [2.75, 3.05) is 19.4 Å². The summed E-state index contributed by atoms with van der Waals surface area (Å²) in [6, 6.07) is 2.99. The molecule has 2 N–H and O–H groups in total. The third-order valence-electron chi connectivity index (χ3n) is 2.32. The molecular weight excluding hydrogens is 376 g/mol. The number of sulfone groups is 1. The van der Waals surface area contributed by atoms with Crippen molar-refractivity contribution in [1.82, 2.24) is 0 Å². The van der Waals surface area contributed by atoms with Gasteiger partial charge >= 0.3 is 0 Å². The quantitative estimate of drug-likeness (QED) is 0.158. The third-order valence-corrected chi connectivity index (χ3v) is 5.26. The minimum atomic E-state index is -4.69. The van der Waals surface area contributed by atoms with Gasteiger partial charge in [-0.05, 0) is 18.2 Å². The predicted octanol–water partition coefficient (Wildman–Crippen LogP) is 1.42. The first-order chi connectivity index (χ1) is 10.7. The van der Waals surface area contributed by atoms with Crippen molar-refractivity contribution in [3.05, 3.63) is 18.2 Å². The summed E-state index contributed by atoms with van der Waals surface area (Å²) in [6.07, 6.45) is 0. The molecule has 0 unspecified atom stereocenters. The molecule has 1 aromatic carbocycles. The zero-order valence-electron chi connectivity index (χ0n) is 11.5. The molecule has 0 spiro atoms. The van der Waals surface area contributed by atoms with Crippen LogP contribution >= 0.6 is 12.3 Å². The van der Waals surface area contributed by atoms with Crippen LogP contribution in [0.1, 0.15) is 0 Å². The van der Waals surface area contributed by atoms with E-state index in [2.05, 4.69) is 23.8 Å². The fourth-order valence-electron chi connectivity index (χ4n) is 1.41. The molecule has 0 aliphatic rings. The van der Waals surface area contributed by atoms with Gasteiger partial charge in [0.1, 0.15) is 10.6 Å². The molecule has 0 aliphatic heterocycles. The van der Waals surface area contributed by atoms with Crippen LogP contribution in [0.15, 0.2) is 38.2 Å². The van der Waals surface area contributed by atoms with Gasteiger partial charge in [0.2, 0.25) is 0 Å². The summed E-state index contributed by atoms with van der Waals surface area (Å²) in [5.74, 6) is -0.519. The van der Waals surface area contributed by atoms with Gasteiger partial charge in [0.25, 0.3) is 10.1 Å². The van der Waals surface area contributed by atoms with E-state index in [4.69, 9.17) is 9.81 Å². The van der Waals surface area contributed by atoms with Gasteiger partial charge < -0.3 is 0 Å². The number of hydrogen-bond acceptors (Lipinski definition) is 11. The van der Waals surface area contributed by atoms with Crippen LogP contribution in [-0.2, 0) is 33.5 Å². The van der Waals surface area contributed by atoms with E-state index in [9.17, 15) is 16.8 Å². The summed E-state index contributed by atoms with van der Waals surface area (Å²) >= 11 is 0.206. The Kier molecular flexibility index (Phi) is 7.49. The van der Waals surface area contributed by atoms with Crippen molar-refractivity contribution in [2.24, 2.45) is 10.2 Å². The molecule has 14 heteroatoms. The molecule has 0 aliphatic carbocycles. The Balaban J connectivity index is 3.04. The SMILES string of the molecule is C/N=N/c1ccc(S(=O)(=O)CCOSOOO)cc1S(=O)(=O)O. The van der Waals surface area contributed by atoms with Crippen LogP contribution < -0.4 is 0 Å². The summed E-state index contributed by atoms with van der Waals surface area (Å²) in [5.41, 5.74) is -0.200. The molecule has 0 aromatic heterocycles. The summed E-state index contributed by atoms with van der Waals surface area (Å²) in [5, 5.41) is 17.9. The molecule has 0 atom stereocenters. The Morgan fingerprint density at radius 2 is 1.96 bits per heavy atom. The Morgan fingerprint density at radius 1 is 1.26 bits per heavy atom. The largest absolute Gasteiger partial charge is 0.296 e. The van der Waals surface area contributed by atoms with Gasteiger partial charge in [-0.2, -0.15) is 18.6 Å². The zero-order valence-corrected chi connectivity index (χ0v) is 14.0. The van der Waals surface area contributed by atoms with Crippen molar-refractivity contribution in [3.8, 4) is 0 Å². The van der Waals surface area contributed by atoms with E-state index < -0.39 is 30.6 Å². The van der Waals surface area contributed by atoms with Crippen molar-refractivity contribution in [2.45, 2.75) is 9.79 Å². The molecule has 130 valence electrons. The van der Waals surface area contributed by atoms with Crippen molar-refractivity contribution < 1.29 is 40.2 Å². The molecule has 0 fully saturated rings. The predicted molar refractivity (Wildman–Crippen MR) is 77.1 cm³/mol. The highest BCUT2D eigenvalue weighted by atomic mass is 32.2. The van der Waals surface area contributed by atoms with E-state index in [1.807, 2.05) is 0 Å². The Morgan fingerprint density at radius 3 is 2.52 bits per heavy atom. The van der Waals surface area contributed by atoms with Gasteiger partial charge in [0, 0.05) is 7.05 Å². The standard InChI is InChI=1S/C9H12N2O9S3/c1-10-11-8-3-2-7(6-9(8)23(15,16)17)22(13,14)5-4-18-21-20-19-12/h2-3,6,12H,4-5H2,1H3,(H,15,16,17)/b11-10+. The van der Waals surface area contributed by atoms with Crippen LogP contribution in [0.5, 0.6) is 0 Å². The second kappa shape index (κ2) is 8.65. The van der Waals surface area contributed by atoms with Gasteiger partial charge in [-0.1, -0.05) is 5.04 Å². The molecule has 1 aromatic rings. The van der Waals surface area contributed by atoms with Crippen molar-refractivity contribution in [3.63, 3.8) is 0 Å². The van der Waals surface area contributed by atoms with E-state index in [-0.39, 0.29) is 29.5 Å². The molecule has 0 radical (unpaired) electrons. The first-order valence-corrected chi connectivity index (χ1v) is 9.39. The average Bonchev–Trinajstić information content (AvgIpc) is 2.46. The minimum absolute atomic E-state index is 0.200. The number of azo groups is 1. The van der Waals surface area contributed by atoms with E-state index >= 15 is 0 Å². The fourth-order valence-corrected chi connectivity index (χ4v) is 3.57. The highest BCUT2D eigenvalue weighted by Gasteiger charge is 2.22. The third kappa shape index (κ3) is 6.11. The van der Waals surface area contributed by atoms with Gasteiger partial charge in [0.05, 0.1) is 17.3 Å². The van der Waals surface area contributed by atoms with Crippen LogP contribution in [0.25, 0.3) is 0 Å². The summed E-state index contributed by atoms with van der Waals surface area (Å²) in [6.45, 7) is -0.339.